The first kappa shape index (κ1) is 17.7. The summed E-state index contributed by atoms with van der Waals surface area (Å²) in [7, 11) is -2.12. The third-order valence-electron chi connectivity index (χ3n) is 3.27. The van der Waals surface area contributed by atoms with E-state index in [1.54, 1.807) is 6.92 Å². The van der Waals surface area contributed by atoms with Crippen LogP contribution in [0.1, 0.15) is 43.9 Å². The van der Waals surface area contributed by atoms with E-state index in [2.05, 4.69) is 16.4 Å². The Morgan fingerprint density at radius 3 is 2.43 bits per heavy atom. The molecular weight excluding hydrogens is 290 g/mol. The van der Waals surface area contributed by atoms with Gasteiger partial charge in [-0.25, -0.2) is 13.1 Å². The second kappa shape index (κ2) is 8.14. The fraction of sp³-hybridized carbons (Fsp3) is 0.533. The molecule has 1 aromatic rings. The van der Waals surface area contributed by atoms with Gasteiger partial charge in [0.2, 0.25) is 10.0 Å². The first-order valence-corrected chi connectivity index (χ1v) is 8.69. The Bertz CT molecular complexity index is 552. The Kier molecular flexibility index (Phi) is 6.84. The van der Waals surface area contributed by atoms with E-state index in [1.165, 1.54) is 12.7 Å². The van der Waals surface area contributed by atoms with Gasteiger partial charge in [-0.2, -0.15) is 0 Å². The zero-order chi connectivity index (χ0) is 15.9. The Morgan fingerprint density at radius 2 is 1.90 bits per heavy atom. The molecule has 1 atom stereocenters. The minimum Gasteiger partial charge on any atom is -0.469 e. The normalized spacial score (nSPS) is 12.9. The van der Waals surface area contributed by atoms with Gasteiger partial charge in [0.25, 0.3) is 0 Å². The van der Waals surface area contributed by atoms with Gasteiger partial charge in [-0.15, -0.1) is 0 Å². The minimum atomic E-state index is -3.41. The molecule has 1 rings (SSSR count). The molecule has 0 spiro atoms. The van der Waals surface area contributed by atoms with Crippen LogP contribution >= 0.6 is 0 Å². The van der Waals surface area contributed by atoms with Crippen LogP contribution in [0.5, 0.6) is 0 Å². The van der Waals surface area contributed by atoms with Crippen LogP contribution in [-0.4, -0.2) is 27.2 Å². The van der Waals surface area contributed by atoms with Crippen molar-refractivity contribution in [1.29, 1.82) is 0 Å². The second-order valence-corrected chi connectivity index (χ2v) is 6.81. The average molecular weight is 313 g/mol. The summed E-state index contributed by atoms with van der Waals surface area (Å²) in [6.07, 6.45) is 1.31. The number of esters is 1. The fourth-order valence-corrected chi connectivity index (χ4v) is 3.26. The number of ether oxygens (including phenoxy) is 1. The van der Waals surface area contributed by atoms with Crippen molar-refractivity contribution < 1.29 is 17.9 Å². The third-order valence-corrected chi connectivity index (χ3v) is 4.80. The van der Waals surface area contributed by atoms with Crippen molar-refractivity contribution in [2.75, 3.05) is 12.9 Å². The SMILES string of the molecule is CCc1ccc(C(C)NS(=O)(=O)CCCC(=O)OC)cc1. The van der Waals surface area contributed by atoms with Crippen LogP contribution in [0.25, 0.3) is 0 Å². The summed E-state index contributed by atoms with van der Waals surface area (Å²) < 4.78 is 31.0. The van der Waals surface area contributed by atoms with Crippen LogP contribution in [0.4, 0.5) is 0 Å². The number of hydrogen-bond donors (Lipinski definition) is 1. The summed E-state index contributed by atoms with van der Waals surface area (Å²) in [6, 6.07) is 7.56. The molecule has 1 N–H and O–H groups in total. The number of nitrogens with one attached hydrogen (secondary N) is 1. The molecule has 0 bridgehead atoms. The highest BCUT2D eigenvalue weighted by Gasteiger charge is 2.16. The van der Waals surface area contributed by atoms with E-state index in [0.29, 0.717) is 0 Å². The highest BCUT2D eigenvalue weighted by atomic mass is 32.2. The van der Waals surface area contributed by atoms with Gasteiger partial charge >= 0.3 is 5.97 Å². The van der Waals surface area contributed by atoms with Crippen molar-refractivity contribution in [2.45, 2.75) is 39.2 Å². The average Bonchev–Trinajstić information content (AvgIpc) is 2.46. The monoisotopic (exact) mass is 313 g/mol. The zero-order valence-corrected chi connectivity index (χ0v) is 13.6. The van der Waals surface area contributed by atoms with Gasteiger partial charge in [0.15, 0.2) is 0 Å². The van der Waals surface area contributed by atoms with Crippen molar-refractivity contribution >= 4 is 16.0 Å². The molecule has 0 aliphatic heterocycles. The van der Waals surface area contributed by atoms with Crippen molar-refractivity contribution in [3.05, 3.63) is 35.4 Å². The van der Waals surface area contributed by atoms with Crippen molar-refractivity contribution in [1.82, 2.24) is 4.72 Å². The van der Waals surface area contributed by atoms with Gasteiger partial charge in [0.1, 0.15) is 0 Å². The van der Waals surface area contributed by atoms with Crippen LogP contribution < -0.4 is 4.72 Å². The fourth-order valence-electron chi connectivity index (χ4n) is 1.95. The molecule has 0 aliphatic rings. The lowest BCUT2D eigenvalue weighted by molar-refractivity contribution is -0.140. The number of methoxy groups -OCH3 is 1. The van der Waals surface area contributed by atoms with Crippen molar-refractivity contribution in [3.63, 3.8) is 0 Å². The van der Waals surface area contributed by atoms with Gasteiger partial charge in [-0.3, -0.25) is 4.79 Å². The van der Waals surface area contributed by atoms with E-state index in [0.717, 1.165) is 12.0 Å². The summed E-state index contributed by atoms with van der Waals surface area (Å²) in [5.41, 5.74) is 2.13. The van der Waals surface area contributed by atoms with E-state index in [1.807, 2.05) is 24.3 Å². The first-order valence-electron chi connectivity index (χ1n) is 7.03. The highest BCUT2D eigenvalue weighted by molar-refractivity contribution is 7.89. The van der Waals surface area contributed by atoms with Gasteiger partial charge in [-0.1, -0.05) is 31.2 Å². The molecular formula is C15H23NO4S. The summed E-state index contributed by atoms with van der Waals surface area (Å²) in [5, 5.41) is 0. The van der Waals surface area contributed by atoms with Crippen LogP contribution in [0.2, 0.25) is 0 Å². The lowest BCUT2D eigenvalue weighted by atomic mass is 10.1. The largest absolute Gasteiger partial charge is 0.469 e. The Balaban J connectivity index is 2.54. The molecule has 5 nitrogen and oxygen atoms in total. The van der Waals surface area contributed by atoms with E-state index < -0.39 is 16.0 Å². The van der Waals surface area contributed by atoms with Crippen molar-refractivity contribution in [3.8, 4) is 0 Å². The highest BCUT2D eigenvalue weighted by Crippen LogP contribution is 2.15. The smallest absolute Gasteiger partial charge is 0.305 e. The standard InChI is InChI=1S/C15H23NO4S/c1-4-13-7-9-14(10-8-13)12(2)16-21(18,19)11-5-6-15(17)20-3/h7-10,12,16H,4-6,11H2,1-3H3. The van der Waals surface area contributed by atoms with Gasteiger partial charge in [-0.05, 0) is 30.9 Å². The summed E-state index contributed by atoms with van der Waals surface area (Å²) in [4.78, 5) is 11.0. The molecule has 118 valence electrons. The first-order chi connectivity index (χ1) is 9.88. The maximum absolute atomic E-state index is 11.9. The predicted octanol–water partition coefficient (Wildman–Crippen LogP) is 2.18. The summed E-state index contributed by atoms with van der Waals surface area (Å²) >= 11 is 0. The Morgan fingerprint density at radius 1 is 1.29 bits per heavy atom. The number of benzene rings is 1. The molecule has 0 saturated heterocycles. The number of rotatable bonds is 8. The zero-order valence-electron chi connectivity index (χ0n) is 12.8. The lowest BCUT2D eigenvalue weighted by Gasteiger charge is -2.15. The number of carbonyl (C=O) groups is 1. The molecule has 0 aromatic heterocycles. The van der Waals surface area contributed by atoms with Crippen molar-refractivity contribution in [2.24, 2.45) is 0 Å². The molecule has 0 saturated carbocycles. The van der Waals surface area contributed by atoms with E-state index in [-0.39, 0.29) is 24.6 Å². The summed E-state index contributed by atoms with van der Waals surface area (Å²) in [5.74, 6) is -0.479. The number of aryl methyl sites for hydroxylation is 1. The Hall–Kier alpha value is -1.40. The van der Waals surface area contributed by atoms with Crippen LogP contribution in [0, 0.1) is 0 Å². The number of sulfonamides is 1. The maximum atomic E-state index is 11.9. The van der Waals surface area contributed by atoms with Crippen LogP contribution in [-0.2, 0) is 26.0 Å². The third kappa shape index (κ3) is 6.27. The number of carbonyl (C=O) groups excluding carboxylic acids is 1. The lowest BCUT2D eigenvalue weighted by Crippen LogP contribution is -2.29. The molecule has 0 radical (unpaired) electrons. The Labute approximate surface area is 126 Å². The topological polar surface area (TPSA) is 72.5 Å². The molecule has 0 amide bonds. The van der Waals surface area contributed by atoms with Gasteiger partial charge in [0, 0.05) is 12.5 Å². The molecule has 21 heavy (non-hydrogen) atoms. The van der Waals surface area contributed by atoms with Gasteiger partial charge < -0.3 is 4.74 Å². The molecule has 1 unspecified atom stereocenters. The molecule has 0 fully saturated rings. The molecule has 6 heteroatoms. The molecule has 0 aliphatic carbocycles. The quantitative estimate of drug-likeness (QED) is 0.747. The number of hydrogen-bond acceptors (Lipinski definition) is 4. The second-order valence-electron chi connectivity index (χ2n) is 4.93. The van der Waals surface area contributed by atoms with E-state index in [9.17, 15) is 13.2 Å². The van der Waals surface area contributed by atoms with E-state index in [4.69, 9.17) is 0 Å². The van der Waals surface area contributed by atoms with Gasteiger partial charge in [0.05, 0.1) is 12.9 Å². The minimum absolute atomic E-state index is 0.0838. The van der Waals surface area contributed by atoms with Crippen LogP contribution in [0.3, 0.4) is 0 Å². The van der Waals surface area contributed by atoms with E-state index >= 15 is 0 Å². The van der Waals surface area contributed by atoms with Crippen LogP contribution in [0.15, 0.2) is 24.3 Å². The molecule has 0 heterocycles. The molecule has 1 aromatic carbocycles. The maximum Gasteiger partial charge on any atom is 0.305 e. The predicted molar refractivity (Wildman–Crippen MR) is 82.4 cm³/mol. The summed E-state index contributed by atoms with van der Waals surface area (Å²) in [6.45, 7) is 3.88.